The predicted octanol–water partition coefficient (Wildman–Crippen LogP) is 1.28. The normalized spacial score (nSPS) is 9.40. The molecular weight excluding hydrogens is 260 g/mol. The van der Waals surface area contributed by atoms with Gasteiger partial charge in [-0.2, -0.15) is 5.26 Å². The maximum absolute atomic E-state index is 13.6. The summed E-state index contributed by atoms with van der Waals surface area (Å²) in [4.78, 5) is 0. The largest absolute Gasteiger partial charge is 0.486 e. The lowest BCUT2D eigenvalue weighted by molar-refractivity contribution is 0.341. The summed E-state index contributed by atoms with van der Waals surface area (Å²) in [6.07, 6.45) is 1.53. The molecule has 0 radical (unpaired) electrons. The van der Waals surface area contributed by atoms with Gasteiger partial charge in [-0.1, -0.05) is 18.1 Å². The molecule has 2 nitrogen and oxygen atoms in total. The van der Waals surface area contributed by atoms with Crippen LogP contribution in [0.1, 0.15) is 5.56 Å². The van der Waals surface area contributed by atoms with Crippen LogP contribution in [0.2, 0.25) is 0 Å². The lowest BCUT2D eigenvalue weighted by Gasteiger charge is -2.09. The molecule has 0 atom stereocenters. The molecule has 0 unspecified atom stereocenters. The number of rotatable bonds is 3. The van der Waals surface area contributed by atoms with Crippen LogP contribution < -0.4 is 10.2 Å². The fraction of sp³-hybridized carbons (Fsp3) is 0.100. The molecule has 0 aliphatic carbocycles. The average molecular weight is 268 g/mol. The fourth-order valence-electron chi connectivity index (χ4n) is 1.11. The maximum atomic E-state index is 13.6. The Kier molecular flexibility index (Phi) is 3.92. The highest BCUT2D eigenvalue weighted by molar-refractivity contribution is 9.10. The number of hydrogen-bond acceptors (Lipinski definition) is 2. The number of ether oxygens (including phenoxy) is 1. The third-order valence-electron chi connectivity index (χ3n) is 1.84. The number of hydrogen-bond donors (Lipinski definition) is 0. The highest BCUT2D eigenvalue weighted by atomic mass is 79.9. The molecule has 76 valence electrons. The van der Waals surface area contributed by atoms with E-state index in [1.807, 2.05) is 6.07 Å². The molecule has 0 aromatic heterocycles. The summed E-state index contributed by atoms with van der Waals surface area (Å²) >= 11 is 3.03. The first kappa shape index (κ1) is 11.8. The van der Waals surface area contributed by atoms with Gasteiger partial charge in [0, 0.05) is 0 Å². The molecule has 0 aliphatic heterocycles. The van der Waals surface area contributed by atoms with Crippen molar-refractivity contribution in [2.24, 2.45) is 0 Å². The molecule has 15 heavy (non-hydrogen) atoms. The van der Waals surface area contributed by atoms with Crippen molar-refractivity contribution >= 4 is 29.2 Å². The van der Waals surface area contributed by atoms with E-state index in [4.69, 9.17) is 10.00 Å². The van der Waals surface area contributed by atoms with E-state index in [1.165, 1.54) is 12.1 Å². The summed E-state index contributed by atoms with van der Waals surface area (Å²) in [5, 5.41) is 8.79. The topological polar surface area (TPSA) is 33.0 Å². The fourth-order valence-corrected chi connectivity index (χ4v) is 1.71. The van der Waals surface area contributed by atoms with Gasteiger partial charge in [0.1, 0.15) is 14.5 Å². The second-order valence-electron chi connectivity index (χ2n) is 2.91. The van der Waals surface area contributed by atoms with Gasteiger partial charge >= 0.3 is 0 Å². The molecule has 1 aromatic carbocycles. The third-order valence-corrected chi connectivity index (χ3v) is 2.58. The molecule has 5 heteroatoms. The summed E-state index contributed by atoms with van der Waals surface area (Å²) in [7, 11) is 1.73. The van der Waals surface area contributed by atoms with Crippen molar-refractivity contribution in [2.75, 3.05) is 6.61 Å². The number of halogens is 2. The van der Waals surface area contributed by atoms with E-state index >= 15 is 0 Å². The minimum atomic E-state index is -0.556. The highest BCUT2D eigenvalue weighted by Crippen LogP contribution is 2.26. The Morgan fingerprint density at radius 1 is 1.73 bits per heavy atom. The molecule has 0 N–H and O–H groups in total. The molecule has 0 amide bonds. The van der Waals surface area contributed by atoms with Crippen molar-refractivity contribution in [1.82, 2.24) is 0 Å². The smallest absolute Gasteiger partial charge is 0.180 e. The first-order chi connectivity index (χ1) is 7.11. The molecule has 0 saturated carbocycles. The van der Waals surface area contributed by atoms with Crippen LogP contribution in [0, 0.1) is 17.1 Å². The molecule has 0 saturated heterocycles. The second-order valence-corrected chi connectivity index (χ2v) is 3.70. The van der Waals surface area contributed by atoms with E-state index < -0.39 is 5.82 Å². The Morgan fingerprint density at radius 2 is 2.40 bits per heavy atom. The minimum absolute atomic E-state index is 0.123. The molecule has 0 bridgehead atoms. The maximum Gasteiger partial charge on any atom is 0.180 e. The van der Waals surface area contributed by atoms with Gasteiger partial charge in [0.2, 0.25) is 0 Å². The third kappa shape index (κ3) is 2.39. The van der Waals surface area contributed by atoms with Crippen molar-refractivity contribution < 1.29 is 9.13 Å². The molecule has 0 aliphatic rings. The van der Waals surface area contributed by atoms with Gasteiger partial charge in [0.15, 0.2) is 11.6 Å². The SMILES string of the molecule is Bc1cc(OCC=C)c(F)c(Br)c1C#N. The van der Waals surface area contributed by atoms with Crippen LogP contribution in [0.15, 0.2) is 23.2 Å². The summed E-state index contributed by atoms with van der Waals surface area (Å²) in [5.74, 6) is -0.433. The Hall–Kier alpha value is -1.28. The Bertz CT molecular complexity index is 442. The number of nitriles is 1. The summed E-state index contributed by atoms with van der Waals surface area (Å²) in [6, 6.07) is 3.43. The number of nitrogens with zero attached hydrogens (tertiary/aromatic N) is 1. The van der Waals surface area contributed by atoms with Crippen LogP contribution in [-0.4, -0.2) is 14.5 Å². The lowest BCUT2D eigenvalue weighted by atomic mass is 9.91. The molecule has 1 rings (SSSR count). The zero-order valence-corrected chi connectivity index (χ0v) is 9.77. The van der Waals surface area contributed by atoms with Crippen molar-refractivity contribution in [3.8, 4) is 11.8 Å². The standard InChI is InChI=1S/C10H8BBrFNO/c1-2-3-15-8-4-7(11)6(5-14)9(12)10(8)13/h2,4H,1,3,11H2. The Labute approximate surface area is 96.9 Å². The van der Waals surface area contributed by atoms with Gasteiger partial charge in [-0.3, -0.25) is 0 Å². The van der Waals surface area contributed by atoms with E-state index in [0.717, 1.165) is 0 Å². The van der Waals surface area contributed by atoms with Gasteiger partial charge in [-0.05, 0) is 22.0 Å². The quantitative estimate of drug-likeness (QED) is 0.611. The van der Waals surface area contributed by atoms with Crippen molar-refractivity contribution in [1.29, 1.82) is 5.26 Å². The van der Waals surface area contributed by atoms with Crippen LogP contribution >= 0.6 is 15.9 Å². The number of benzene rings is 1. The van der Waals surface area contributed by atoms with E-state index in [-0.39, 0.29) is 16.8 Å². The average Bonchev–Trinajstić information content (AvgIpc) is 2.22. The lowest BCUT2D eigenvalue weighted by Crippen LogP contribution is -2.12. The van der Waals surface area contributed by atoms with E-state index in [1.54, 1.807) is 7.85 Å². The molecule has 0 fully saturated rings. The highest BCUT2D eigenvalue weighted by Gasteiger charge is 2.14. The monoisotopic (exact) mass is 267 g/mol. The van der Waals surface area contributed by atoms with E-state index in [0.29, 0.717) is 11.0 Å². The van der Waals surface area contributed by atoms with Gasteiger partial charge in [0.25, 0.3) is 0 Å². The molecule has 0 spiro atoms. The zero-order valence-electron chi connectivity index (χ0n) is 8.18. The van der Waals surface area contributed by atoms with Gasteiger partial charge in [-0.25, -0.2) is 4.39 Å². The van der Waals surface area contributed by atoms with Crippen molar-refractivity contribution in [2.45, 2.75) is 0 Å². The van der Waals surface area contributed by atoms with Crippen LogP contribution in [0.5, 0.6) is 5.75 Å². The molecule has 1 aromatic rings. The van der Waals surface area contributed by atoms with Crippen LogP contribution in [0.25, 0.3) is 0 Å². The van der Waals surface area contributed by atoms with Crippen molar-refractivity contribution in [3.63, 3.8) is 0 Å². The summed E-state index contributed by atoms with van der Waals surface area (Å²) < 4.78 is 18.9. The van der Waals surface area contributed by atoms with Crippen LogP contribution in [-0.2, 0) is 0 Å². The Balaban J connectivity index is 3.22. The minimum Gasteiger partial charge on any atom is -0.486 e. The first-order valence-electron chi connectivity index (χ1n) is 4.24. The van der Waals surface area contributed by atoms with Gasteiger partial charge in [-0.15, -0.1) is 0 Å². The van der Waals surface area contributed by atoms with Crippen molar-refractivity contribution in [3.05, 3.63) is 34.6 Å². The molecule has 0 heterocycles. The van der Waals surface area contributed by atoms with Crippen LogP contribution in [0.4, 0.5) is 4.39 Å². The van der Waals surface area contributed by atoms with Gasteiger partial charge < -0.3 is 4.74 Å². The predicted molar refractivity (Wildman–Crippen MR) is 62.7 cm³/mol. The van der Waals surface area contributed by atoms with Gasteiger partial charge in [0.05, 0.1) is 16.1 Å². The van der Waals surface area contributed by atoms with Crippen LogP contribution in [0.3, 0.4) is 0 Å². The van der Waals surface area contributed by atoms with E-state index in [9.17, 15) is 4.39 Å². The molecular formula is C10H8BBrFNO. The summed E-state index contributed by atoms with van der Waals surface area (Å²) in [6.45, 7) is 3.70. The summed E-state index contributed by atoms with van der Waals surface area (Å²) in [5.41, 5.74) is 0.961. The van der Waals surface area contributed by atoms with E-state index in [2.05, 4.69) is 22.5 Å². The first-order valence-corrected chi connectivity index (χ1v) is 5.03. The zero-order chi connectivity index (χ0) is 11.4. The second kappa shape index (κ2) is 4.99. The Morgan fingerprint density at radius 3 is 2.93 bits per heavy atom.